The van der Waals surface area contributed by atoms with E-state index in [9.17, 15) is 0 Å². The maximum Gasteiger partial charge on any atom is 0.0419 e. The number of rotatable bonds is 5. The lowest BCUT2D eigenvalue weighted by molar-refractivity contribution is 0.402. The maximum absolute atomic E-state index is 4.56. The van der Waals surface area contributed by atoms with E-state index in [-0.39, 0.29) is 0 Å². The first kappa shape index (κ1) is 13.3. The molecule has 2 unspecified atom stereocenters. The topological polar surface area (TPSA) is 24.9 Å². The number of likely N-dealkylation sites (N-methyl/N-ethyl adjacent to an activating group) is 1. The van der Waals surface area contributed by atoms with Crippen LogP contribution in [0, 0.1) is 6.92 Å². The van der Waals surface area contributed by atoms with Crippen LogP contribution in [0.3, 0.4) is 0 Å². The van der Waals surface area contributed by atoms with E-state index in [0.717, 1.165) is 13.0 Å². The van der Waals surface area contributed by atoms with E-state index in [1.165, 1.54) is 28.8 Å². The Kier molecular flexibility index (Phi) is 3.83. The fourth-order valence-corrected chi connectivity index (χ4v) is 3.12. The average Bonchev–Trinajstić information content (AvgIpc) is 2.43. The summed E-state index contributed by atoms with van der Waals surface area (Å²) >= 11 is 0. The van der Waals surface area contributed by atoms with Crippen LogP contribution < -0.4 is 5.32 Å². The van der Waals surface area contributed by atoms with Crippen LogP contribution in [0.15, 0.2) is 42.6 Å². The minimum absolute atomic E-state index is 0.491. The summed E-state index contributed by atoms with van der Waals surface area (Å²) in [7, 11) is 0. The van der Waals surface area contributed by atoms with Crippen LogP contribution in [-0.2, 0) is 12.8 Å². The molecule has 1 aliphatic rings. The van der Waals surface area contributed by atoms with Gasteiger partial charge in [-0.1, -0.05) is 37.3 Å². The molecule has 0 bridgehead atoms. The van der Waals surface area contributed by atoms with Gasteiger partial charge < -0.3 is 5.32 Å². The molecule has 1 aromatic heterocycles. The van der Waals surface area contributed by atoms with E-state index in [1.807, 2.05) is 6.20 Å². The summed E-state index contributed by atoms with van der Waals surface area (Å²) in [6.45, 7) is 5.27. The standard InChI is InChI=1S/C18H22N2/c1-3-19-18(11-15-9-8-13(2)12-20-15)17-10-14-6-4-5-7-16(14)17/h4-9,12,17-19H,3,10-11H2,1-2H3. The van der Waals surface area contributed by atoms with Gasteiger partial charge in [0.2, 0.25) is 0 Å². The Bertz CT molecular complexity index is 574. The van der Waals surface area contributed by atoms with E-state index in [0.29, 0.717) is 12.0 Å². The molecule has 2 aromatic rings. The second-order valence-electron chi connectivity index (χ2n) is 5.70. The minimum atomic E-state index is 0.491. The van der Waals surface area contributed by atoms with Crippen molar-refractivity contribution in [2.45, 2.75) is 38.6 Å². The van der Waals surface area contributed by atoms with Gasteiger partial charge in [0.25, 0.3) is 0 Å². The fraction of sp³-hybridized carbons (Fsp3) is 0.389. The van der Waals surface area contributed by atoms with Gasteiger partial charge in [0, 0.05) is 30.3 Å². The normalized spacial score (nSPS) is 18.2. The third-order valence-corrected chi connectivity index (χ3v) is 4.25. The van der Waals surface area contributed by atoms with Crippen molar-refractivity contribution in [2.24, 2.45) is 0 Å². The molecular formula is C18H22N2. The van der Waals surface area contributed by atoms with E-state index >= 15 is 0 Å². The molecule has 0 amide bonds. The zero-order chi connectivity index (χ0) is 13.9. The van der Waals surface area contributed by atoms with Crippen molar-refractivity contribution in [2.75, 3.05) is 6.54 Å². The summed E-state index contributed by atoms with van der Waals surface area (Å²) in [5, 5.41) is 3.65. The van der Waals surface area contributed by atoms with Gasteiger partial charge in [-0.25, -0.2) is 0 Å². The van der Waals surface area contributed by atoms with Crippen LogP contribution in [0.5, 0.6) is 0 Å². The molecule has 0 saturated heterocycles. The van der Waals surface area contributed by atoms with E-state index < -0.39 is 0 Å². The monoisotopic (exact) mass is 266 g/mol. The molecule has 3 rings (SSSR count). The Labute approximate surface area is 121 Å². The lowest BCUT2D eigenvalue weighted by Crippen LogP contribution is -2.41. The highest BCUT2D eigenvalue weighted by atomic mass is 14.9. The first-order chi connectivity index (χ1) is 9.78. The number of hydrogen-bond acceptors (Lipinski definition) is 2. The summed E-state index contributed by atoms with van der Waals surface area (Å²) in [5.74, 6) is 0.634. The summed E-state index contributed by atoms with van der Waals surface area (Å²) < 4.78 is 0. The number of fused-ring (bicyclic) bond motifs is 1. The van der Waals surface area contributed by atoms with Gasteiger partial charge in [0.1, 0.15) is 0 Å². The van der Waals surface area contributed by atoms with Crippen LogP contribution >= 0.6 is 0 Å². The van der Waals surface area contributed by atoms with Crippen molar-refractivity contribution in [3.63, 3.8) is 0 Å². The van der Waals surface area contributed by atoms with Crippen LogP contribution in [0.25, 0.3) is 0 Å². The van der Waals surface area contributed by atoms with E-state index in [2.05, 4.69) is 60.5 Å². The SMILES string of the molecule is CCNC(Cc1ccc(C)cn1)C1Cc2ccccc21. The van der Waals surface area contributed by atoms with Crippen LogP contribution in [0.1, 0.15) is 35.2 Å². The number of benzene rings is 1. The molecule has 1 heterocycles. The van der Waals surface area contributed by atoms with Crippen molar-refractivity contribution >= 4 is 0 Å². The van der Waals surface area contributed by atoms with Crippen LogP contribution in [0.2, 0.25) is 0 Å². The lowest BCUT2D eigenvalue weighted by atomic mass is 9.72. The molecule has 0 radical (unpaired) electrons. The van der Waals surface area contributed by atoms with Gasteiger partial charge in [-0.2, -0.15) is 0 Å². The first-order valence-corrected chi connectivity index (χ1v) is 7.50. The zero-order valence-electron chi connectivity index (χ0n) is 12.3. The molecule has 104 valence electrons. The van der Waals surface area contributed by atoms with Crippen molar-refractivity contribution in [3.8, 4) is 0 Å². The molecular weight excluding hydrogens is 244 g/mol. The van der Waals surface area contributed by atoms with Gasteiger partial charge in [-0.3, -0.25) is 4.98 Å². The highest BCUT2D eigenvalue weighted by molar-refractivity contribution is 5.41. The van der Waals surface area contributed by atoms with Gasteiger partial charge in [-0.15, -0.1) is 0 Å². The molecule has 20 heavy (non-hydrogen) atoms. The molecule has 0 spiro atoms. The molecule has 2 heteroatoms. The molecule has 1 aliphatic carbocycles. The quantitative estimate of drug-likeness (QED) is 0.898. The van der Waals surface area contributed by atoms with Crippen molar-refractivity contribution in [1.82, 2.24) is 10.3 Å². The number of aromatic nitrogens is 1. The van der Waals surface area contributed by atoms with Crippen LogP contribution in [0.4, 0.5) is 0 Å². The molecule has 1 aromatic carbocycles. The van der Waals surface area contributed by atoms with Crippen LogP contribution in [-0.4, -0.2) is 17.6 Å². The Morgan fingerprint density at radius 3 is 2.80 bits per heavy atom. The average molecular weight is 266 g/mol. The highest BCUT2D eigenvalue weighted by Gasteiger charge is 2.32. The van der Waals surface area contributed by atoms with Crippen molar-refractivity contribution < 1.29 is 0 Å². The number of aryl methyl sites for hydroxylation is 1. The van der Waals surface area contributed by atoms with E-state index in [1.54, 1.807) is 0 Å². The summed E-state index contributed by atoms with van der Waals surface area (Å²) in [4.78, 5) is 4.56. The molecule has 2 nitrogen and oxygen atoms in total. The predicted octanol–water partition coefficient (Wildman–Crippen LogP) is 3.25. The molecule has 0 fully saturated rings. The Morgan fingerprint density at radius 2 is 2.10 bits per heavy atom. The molecule has 0 aliphatic heterocycles. The summed E-state index contributed by atoms with van der Waals surface area (Å²) in [6.07, 6.45) is 4.17. The second kappa shape index (κ2) is 5.76. The van der Waals surface area contributed by atoms with Gasteiger partial charge >= 0.3 is 0 Å². The molecule has 1 N–H and O–H groups in total. The number of nitrogens with one attached hydrogen (secondary N) is 1. The zero-order valence-corrected chi connectivity index (χ0v) is 12.3. The second-order valence-corrected chi connectivity index (χ2v) is 5.70. The largest absolute Gasteiger partial charge is 0.313 e. The van der Waals surface area contributed by atoms with Gasteiger partial charge in [0.15, 0.2) is 0 Å². The Hall–Kier alpha value is -1.67. The first-order valence-electron chi connectivity index (χ1n) is 7.50. The Morgan fingerprint density at radius 1 is 1.25 bits per heavy atom. The van der Waals surface area contributed by atoms with Gasteiger partial charge in [-0.05, 0) is 42.6 Å². The molecule has 0 saturated carbocycles. The molecule has 2 atom stereocenters. The summed E-state index contributed by atoms with van der Waals surface area (Å²) in [5.41, 5.74) is 5.44. The predicted molar refractivity (Wildman–Crippen MR) is 83.0 cm³/mol. The Balaban J connectivity index is 1.75. The number of nitrogens with zero attached hydrogens (tertiary/aromatic N) is 1. The fourth-order valence-electron chi connectivity index (χ4n) is 3.12. The number of pyridine rings is 1. The smallest absolute Gasteiger partial charge is 0.0419 e. The minimum Gasteiger partial charge on any atom is -0.313 e. The van der Waals surface area contributed by atoms with Crippen molar-refractivity contribution in [1.29, 1.82) is 0 Å². The lowest BCUT2D eigenvalue weighted by Gasteiger charge is -2.37. The highest BCUT2D eigenvalue weighted by Crippen LogP contribution is 2.38. The number of hydrogen-bond donors (Lipinski definition) is 1. The van der Waals surface area contributed by atoms with Gasteiger partial charge in [0.05, 0.1) is 0 Å². The third kappa shape index (κ3) is 2.61. The van der Waals surface area contributed by atoms with Crippen molar-refractivity contribution in [3.05, 3.63) is 65.0 Å². The summed E-state index contributed by atoms with van der Waals surface area (Å²) in [6, 6.07) is 13.6. The maximum atomic E-state index is 4.56. The van der Waals surface area contributed by atoms with E-state index in [4.69, 9.17) is 0 Å². The third-order valence-electron chi connectivity index (χ3n) is 4.25.